The van der Waals surface area contributed by atoms with Gasteiger partial charge in [0.05, 0.1) is 17.1 Å². The van der Waals surface area contributed by atoms with Crippen LogP contribution < -0.4 is 26.6 Å². The Hall–Kier alpha value is -3.22. The summed E-state index contributed by atoms with van der Waals surface area (Å²) in [7, 11) is 0. The molecule has 13 heteroatoms. The molecule has 2 unspecified atom stereocenters. The van der Waals surface area contributed by atoms with Crippen molar-refractivity contribution in [3.8, 4) is 16.9 Å². The van der Waals surface area contributed by atoms with Gasteiger partial charge in [-0.05, 0) is 63.4 Å². The van der Waals surface area contributed by atoms with Gasteiger partial charge in [0, 0.05) is 17.8 Å². The van der Waals surface area contributed by atoms with Crippen LogP contribution in [0.4, 0.5) is 23.7 Å². The molecule has 38 heavy (non-hydrogen) atoms. The average molecular weight is 555 g/mol. The summed E-state index contributed by atoms with van der Waals surface area (Å²) in [6.45, 7) is 6.35. The lowest BCUT2D eigenvalue weighted by Crippen LogP contribution is -2.46. The van der Waals surface area contributed by atoms with Crippen molar-refractivity contribution in [1.29, 1.82) is 0 Å². The van der Waals surface area contributed by atoms with Crippen molar-refractivity contribution in [2.24, 2.45) is 10.7 Å². The van der Waals surface area contributed by atoms with Crippen LogP contribution in [0.2, 0.25) is 5.02 Å². The number of hydrogen-bond donors (Lipinski definition) is 4. The first-order chi connectivity index (χ1) is 17.8. The number of nitrogens with one attached hydrogen (secondary N) is 3. The minimum atomic E-state index is -4.67. The summed E-state index contributed by atoms with van der Waals surface area (Å²) in [6.07, 6.45) is -4.57. The van der Waals surface area contributed by atoms with E-state index < -0.39 is 29.7 Å². The number of carbonyl (C=O) groups is 1. The third kappa shape index (κ3) is 7.00. The molecule has 9 nitrogen and oxygen atoms in total. The van der Waals surface area contributed by atoms with Gasteiger partial charge in [0.2, 0.25) is 5.96 Å². The number of alkyl halides is 3. The molecule has 2 aliphatic rings. The van der Waals surface area contributed by atoms with Crippen LogP contribution in [-0.2, 0) is 10.9 Å². The van der Waals surface area contributed by atoms with E-state index in [1.165, 1.54) is 18.2 Å². The van der Waals surface area contributed by atoms with Gasteiger partial charge in [-0.2, -0.15) is 18.6 Å². The second kappa shape index (κ2) is 10.9. The van der Waals surface area contributed by atoms with Gasteiger partial charge in [0.15, 0.2) is 6.29 Å². The van der Waals surface area contributed by atoms with E-state index in [4.69, 9.17) is 26.8 Å². The quantitative estimate of drug-likeness (QED) is 0.424. The van der Waals surface area contributed by atoms with Gasteiger partial charge in [0.25, 0.3) is 0 Å². The van der Waals surface area contributed by atoms with E-state index in [0.29, 0.717) is 18.8 Å². The standard InChI is InChI=1S/C25H30ClF3N6O3/c1-24(2,3)38-23(36)35-10-4-5-17(13-35)37-16-8-6-14(7-9-16)20-18(25(27,28)29)11-15(12-19(20)26)31-22-32-21(30)33-34-22/h6-9,11-12,17,21,33H,4-5,10,13,30H2,1-3H3,(H2,31,32,34). The molecule has 4 rings (SSSR count). The molecule has 1 fully saturated rings. The van der Waals surface area contributed by atoms with Crippen LogP contribution in [0, 0.1) is 0 Å². The fourth-order valence-corrected chi connectivity index (χ4v) is 4.49. The number of nitrogens with two attached hydrogens (primary N) is 1. The second-order valence-corrected chi connectivity index (χ2v) is 10.4. The zero-order chi connectivity index (χ0) is 27.7. The highest BCUT2D eigenvalue weighted by Crippen LogP contribution is 2.43. The van der Waals surface area contributed by atoms with Gasteiger partial charge in [-0.15, -0.1) is 0 Å². The summed E-state index contributed by atoms with van der Waals surface area (Å²) in [6, 6.07) is 8.59. The van der Waals surface area contributed by atoms with E-state index in [1.54, 1.807) is 37.8 Å². The first kappa shape index (κ1) is 27.8. The number of nitrogens with zero attached hydrogens (tertiary/aromatic N) is 2. The molecule has 0 bridgehead atoms. The lowest BCUT2D eigenvalue weighted by molar-refractivity contribution is -0.137. The molecule has 2 aromatic carbocycles. The van der Waals surface area contributed by atoms with E-state index in [-0.39, 0.29) is 33.9 Å². The molecule has 0 aliphatic carbocycles. The Labute approximate surface area is 223 Å². The molecule has 0 saturated carbocycles. The highest BCUT2D eigenvalue weighted by Gasteiger charge is 2.36. The van der Waals surface area contributed by atoms with Gasteiger partial charge in [-0.25, -0.2) is 9.79 Å². The Morgan fingerprint density at radius 3 is 2.53 bits per heavy atom. The van der Waals surface area contributed by atoms with E-state index in [1.807, 2.05) is 0 Å². The van der Waals surface area contributed by atoms with Crippen molar-refractivity contribution >= 4 is 29.3 Å². The molecule has 0 radical (unpaired) electrons. The fourth-order valence-electron chi connectivity index (χ4n) is 4.16. The van der Waals surface area contributed by atoms with Gasteiger partial charge in [0.1, 0.15) is 17.5 Å². The third-order valence-electron chi connectivity index (χ3n) is 5.74. The van der Waals surface area contributed by atoms with Crippen molar-refractivity contribution < 1.29 is 27.4 Å². The fraction of sp³-hybridized carbons (Fsp3) is 0.440. The predicted octanol–water partition coefficient (Wildman–Crippen LogP) is 4.92. The number of guanidine groups is 1. The number of likely N-dealkylation sites (tertiary alicyclic amines) is 1. The smallest absolute Gasteiger partial charge is 0.417 e. The summed E-state index contributed by atoms with van der Waals surface area (Å²) in [4.78, 5) is 18.0. The molecule has 5 N–H and O–H groups in total. The first-order valence-corrected chi connectivity index (χ1v) is 12.4. The zero-order valence-corrected chi connectivity index (χ0v) is 21.9. The third-order valence-corrected chi connectivity index (χ3v) is 6.04. The molecule has 2 atom stereocenters. The summed E-state index contributed by atoms with van der Waals surface area (Å²) in [5.74, 6) is 0.644. The van der Waals surface area contributed by atoms with Gasteiger partial charge in [-0.1, -0.05) is 23.7 Å². The average Bonchev–Trinajstić information content (AvgIpc) is 3.22. The van der Waals surface area contributed by atoms with Crippen molar-refractivity contribution in [2.75, 3.05) is 18.4 Å². The monoisotopic (exact) mass is 554 g/mol. The van der Waals surface area contributed by atoms with Crippen LogP contribution in [0.25, 0.3) is 11.1 Å². The number of hydrogen-bond acceptors (Lipinski definition) is 8. The molecule has 1 amide bonds. The largest absolute Gasteiger partial charge is 0.489 e. The Morgan fingerprint density at radius 2 is 1.92 bits per heavy atom. The number of rotatable bonds is 4. The molecule has 2 aromatic rings. The summed E-state index contributed by atoms with van der Waals surface area (Å²) >= 11 is 6.35. The SMILES string of the molecule is CC(C)(C)OC(=O)N1CCCC(Oc2ccc(-c3c(Cl)cc(NC4=NC(N)NN4)cc3C(F)(F)F)cc2)C1. The molecule has 206 valence electrons. The van der Waals surface area contributed by atoms with Crippen molar-refractivity contribution in [1.82, 2.24) is 15.8 Å². The van der Waals surface area contributed by atoms with Crippen molar-refractivity contribution in [3.63, 3.8) is 0 Å². The number of aliphatic imine (C=N–C) groups is 1. The van der Waals surface area contributed by atoms with Crippen LogP contribution in [0.1, 0.15) is 39.2 Å². The number of piperidine rings is 1. The lowest BCUT2D eigenvalue weighted by atomic mass is 9.98. The summed E-state index contributed by atoms with van der Waals surface area (Å²) < 4.78 is 53.6. The Morgan fingerprint density at radius 1 is 1.21 bits per heavy atom. The number of halogens is 4. The molecule has 2 heterocycles. The molecular weight excluding hydrogens is 525 g/mol. The predicted molar refractivity (Wildman–Crippen MR) is 139 cm³/mol. The number of anilines is 1. The van der Waals surface area contributed by atoms with Crippen LogP contribution in [0.15, 0.2) is 41.4 Å². The minimum absolute atomic E-state index is 0.0906. The van der Waals surface area contributed by atoms with Gasteiger partial charge >= 0.3 is 12.3 Å². The van der Waals surface area contributed by atoms with Crippen LogP contribution in [-0.4, -0.2) is 48.0 Å². The van der Waals surface area contributed by atoms with Crippen molar-refractivity contribution in [2.45, 2.75) is 57.8 Å². The number of amides is 1. The minimum Gasteiger partial charge on any atom is -0.489 e. The van der Waals surface area contributed by atoms with Gasteiger partial charge < -0.3 is 19.7 Å². The maximum absolute atomic E-state index is 14.0. The van der Waals surface area contributed by atoms with E-state index in [0.717, 1.165) is 18.9 Å². The summed E-state index contributed by atoms with van der Waals surface area (Å²) in [5, 5.41) is 2.65. The number of benzene rings is 2. The Balaban J connectivity index is 1.50. The number of hydrazine groups is 1. The molecule has 0 spiro atoms. The second-order valence-electron chi connectivity index (χ2n) is 10.0. The Kier molecular flexibility index (Phi) is 7.96. The number of carbonyl (C=O) groups excluding carboxylic acids is 1. The Bertz CT molecular complexity index is 1200. The molecule has 2 aliphatic heterocycles. The maximum atomic E-state index is 14.0. The van der Waals surface area contributed by atoms with E-state index in [9.17, 15) is 18.0 Å². The summed E-state index contributed by atoms with van der Waals surface area (Å²) in [5.41, 5.74) is 9.54. The molecule has 0 aromatic heterocycles. The zero-order valence-electron chi connectivity index (χ0n) is 21.2. The highest BCUT2D eigenvalue weighted by molar-refractivity contribution is 6.34. The lowest BCUT2D eigenvalue weighted by Gasteiger charge is -2.34. The maximum Gasteiger partial charge on any atom is 0.417 e. The van der Waals surface area contributed by atoms with Crippen LogP contribution >= 0.6 is 11.6 Å². The number of ether oxygens (including phenoxy) is 2. The van der Waals surface area contributed by atoms with E-state index in [2.05, 4.69) is 21.2 Å². The first-order valence-electron chi connectivity index (χ1n) is 12.1. The van der Waals surface area contributed by atoms with Crippen LogP contribution in [0.3, 0.4) is 0 Å². The van der Waals surface area contributed by atoms with Gasteiger partial charge in [-0.3, -0.25) is 11.2 Å². The van der Waals surface area contributed by atoms with Crippen molar-refractivity contribution in [3.05, 3.63) is 47.0 Å². The topological polar surface area (TPSA) is 113 Å². The van der Waals surface area contributed by atoms with Crippen LogP contribution in [0.5, 0.6) is 5.75 Å². The van der Waals surface area contributed by atoms with E-state index >= 15 is 0 Å². The molecular formula is C25H30ClF3N6O3. The highest BCUT2D eigenvalue weighted by atomic mass is 35.5. The normalized spacial score (nSPS) is 20.0. The molecule has 1 saturated heterocycles.